The number of rotatable bonds is 3. The number of nitrogens with zero attached hydrogens (tertiary/aromatic N) is 1. The lowest BCUT2D eigenvalue weighted by atomic mass is 10.2. The number of fused-ring (bicyclic) bond motifs is 1. The van der Waals surface area contributed by atoms with Gasteiger partial charge in [-0.15, -0.1) is 11.8 Å². The maximum Gasteiger partial charge on any atom is 0.0702 e. The molecule has 2 rings (SSSR count). The van der Waals surface area contributed by atoms with E-state index in [2.05, 4.69) is 30.1 Å². The van der Waals surface area contributed by atoms with Crippen molar-refractivity contribution in [1.82, 2.24) is 4.98 Å². The third-order valence-electron chi connectivity index (χ3n) is 2.04. The molecule has 0 aliphatic rings. The molecule has 1 aromatic carbocycles. The second-order valence-corrected chi connectivity index (χ2v) is 4.38. The van der Waals surface area contributed by atoms with Crippen molar-refractivity contribution >= 4 is 22.7 Å². The molecule has 14 heavy (non-hydrogen) atoms. The number of hydrogen-bond donors (Lipinski definition) is 0. The van der Waals surface area contributed by atoms with Gasteiger partial charge in [-0.1, -0.05) is 25.1 Å². The fraction of sp³-hybridized carbons (Fsp3) is 0.250. The number of benzene rings is 1. The molecule has 0 aliphatic heterocycles. The number of aromatic nitrogens is 1. The maximum atomic E-state index is 4.41. The summed E-state index contributed by atoms with van der Waals surface area (Å²) in [6.45, 7) is 2.20. The van der Waals surface area contributed by atoms with Gasteiger partial charge < -0.3 is 0 Å². The minimum absolute atomic E-state index is 1.08. The van der Waals surface area contributed by atoms with Gasteiger partial charge in [-0.2, -0.15) is 0 Å². The summed E-state index contributed by atoms with van der Waals surface area (Å²) in [6, 6.07) is 10.4. The molecule has 0 unspecified atom stereocenters. The van der Waals surface area contributed by atoms with E-state index in [1.807, 2.05) is 30.1 Å². The third kappa shape index (κ3) is 2.07. The summed E-state index contributed by atoms with van der Waals surface area (Å²) in [5.74, 6) is 1.17. The van der Waals surface area contributed by atoms with Gasteiger partial charge in [0.1, 0.15) is 0 Å². The number of para-hydroxylation sites is 1. The van der Waals surface area contributed by atoms with Crippen molar-refractivity contribution in [3.05, 3.63) is 36.5 Å². The Morgan fingerprint density at radius 1 is 1.29 bits per heavy atom. The first-order valence-corrected chi connectivity index (χ1v) is 5.86. The van der Waals surface area contributed by atoms with Crippen LogP contribution >= 0.6 is 11.8 Å². The van der Waals surface area contributed by atoms with E-state index in [0.717, 1.165) is 5.52 Å². The van der Waals surface area contributed by atoms with Crippen molar-refractivity contribution in [3.63, 3.8) is 0 Å². The Morgan fingerprint density at radius 3 is 3.00 bits per heavy atom. The van der Waals surface area contributed by atoms with Crippen LogP contribution in [0.1, 0.15) is 13.3 Å². The molecule has 0 bridgehead atoms. The average molecular weight is 203 g/mol. The summed E-state index contributed by atoms with van der Waals surface area (Å²) in [4.78, 5) is 5.68. The minimum atomic E-state index is 1.08. The van der Waals surface area contributed by atoms with Gasteiger partial charge in [0.05, 0.1) is 5.52 Å². The third-order valence-corrected chi connectivity index (χ3v) is 3.21. The predicted octanol–water partition coefficient (Wildman–Crippen LogP) is 3.74. The summed E-state index contributed by atoms with van der Waals surface area (Å²) in [6.07, 6.45) is 3.17. The molecule has 0 amide bonds. The molecule has 2 aromatic rings. The molecular weight excluding hydrogens is 190 g/mol. The second kappa shape index (κ2) is 4.47. The fourth-order valence-electron chi connectivity index (χ4n) is 1.35. The van der Waals surface area contributed by atoms with Crippen LogP contribution in [0.15, 0.2) is 41.4 Å². The molecule has 0 N–H and O–H groups in total. The van der Waals surface area contributed by atoms with Crippen molar-refractivity contribution in [2.75, 3.05) is 5.75 Å². The number of thioether (sulfide) groups is 1. The van der Waals surface area contributed by atoms with Crippen LogP contribution < -0.4 is 0 Å². The van der Waals surface area contributed by atoms with Gasteiger partial charge in [-0.05, 0) is 24.3 Å². The van der Waals surface area contributed by atoms with E-state index < -0.39 is 0 Å². The van der Waals surface area contributed by atoms with Crippen LogP contribution in [0.25, 0.3) is 10.9 Å². The highest BCUT2D eigenvalue weighted by Crippen LogP contribution is 2.21. The molecule has 0 saturated carbocycles. The van der Waals surface area contributed by atoms with Crippen LogP contribution in [0.5, 0.6) is 0 Å². The minimum Gasteiger partial charge on any atom is -0.255 e. The molecule has 0 saturated heterocycles. The molecule has 0 atom stereocenters. The van der Waals surface area contributed by atoms with Gasteiger partial charge in [0.15, 0.2) is 0 Å². The molecule has 72 valence electrons. The van der Waals surface area contributed by atoms with Crippen LogP contribution in [-0.2, 0) is 0 Å². The van der Waals surface area contributed by atoms with Crippen molar-refractivity contribution < 1.29 is 0 Å². The smallest absolute Gasteiger partial charge is 0.0702 e. The van der Waals surface area contributed by atoms with Gasteiger partial charge in [0.25, 0.3) is 0 Å². The quantitative estimate of drug-likeness (QED) is 0.705. The van der Waals surface area contributed by atoms with Crippen LogP contribution in [0.3, 0.4) is 0 Å². The summed E-state index contributed by atoms with van der Waals surface area (Å²) in [7, 11) is 0. The predicted molar refractivity (Wildman–Crippen MR) is 62.8 cm³/mol. The molecule has 2 heteroatoms. The van der Waals surface area contributed by atoms with Crippen molar-refractivity contribution in [1.29, 1.82) is 0 Å². The van der Waals surface area contributed by atoms with E-state index in [1.165, 1.54) is 22.5 Å². The maximum absolute atomic E-state index is 4.41. The molecule has 1 aromatic heterocycles. The molecule has 1 heterocycles. The first-order chi connectivity index (χ1) is 6.90. The zero-order valence-corrected chi connectivity index (χ0v) is 9.05. The summed E-state index contributed by atoms with van der Waals surface area (Å²) >= 11 is 1.87. The van der Waals surface area contributed by atoms with Gasteiger partial charge in [-0.3, -0.25) is 4.98 Å². The van der Waals surface area contributed by atoms with Gasteiger partial charge in [0.2, 0.25) is 0 Å². The van der Waals surface area contributed by atoms with Gasteiger partial charge >= 0.3 is 0 Å². The lowest BCUT2D eigenvalue weighted by Gasteiger charge is -2.01. The summed E-state index contributed by atoms with van der Waals surface area (Å²) < 4.78 is 0. The Balaban J connectivity index is 2.32. The molecular formula is C12H13NS. The highest BCUT2D eigenvalue weighted by molar-refractivity contribution is 7.99. The molecule has 0 fully saturated rings. The Hall–Kier alpha value is -1.02. The van der Waals surface area contributed by atoms with E-state index in [0.29, 0.717) is 0 Å². The van der Waals surface area contributed by atoms with Crippen LogP contribution in [0.2, 0.25) is 0 Å². The van der Waals surface area contributed by atoms with E-state index >= 15 is 0 Å². The lowest BCUT2D eigenvalue weighted by Crippen LogP contribution is -1.81. The van der Waals surface area contributed by atoms with Crippen LogP contribution in [0.4, 0.5) is 0 Å². The molecule has 0 spiro atoms. The Bertz CT molecular complexity index is 425. The van der Waals surface area contributed by atoms with E-state index in [-0.39, 0.29) is 0 Å². The molecule has 1 nitrogen and oxygen atoms in total. The largest absolute Gasteiger partial charge is 0.255 e. The Morgan fingerprint density at radius 2 is 2.14 bits per heavy atom. The van der Waals surface area contributed by atoms with Crippen LogP contribution in [-0.4, -0.2) is 10.7 Å². The summed E-state index contributed by atoms with van der Waals surface area (Å²) in [5.41, 5.74) is 1.08. The first kappa shape index (κ1) is 9.53. The highest BCUT2D eigenvalue weighted by Gasteiger charge is 1.96. The second-order valence-electron chi connectivity index (χ2n) is 3.21. The van der Waals surface area contributed by atoms with Gasteiger partial charge in [-0.25, -0.2) is 0 Å². The van der Waals surface area contributed by atoms with Crippen molar-refractivity contribution in [3.8, 4) is 0 Å². The highest BCUT2D eigenvalue weighted by atomic mass is 32.2. The normalized spacial score (nSPS) is 10.6. The van der Waals surface area contributed by atoms with Crippen molar-refractivity contribution in [2.45, 2.75) is 18.2 Å². The lowest BCUT2D eigenvalue weighted by molar-refractivity contribution is 1.10. The van der Waals surface area contributed by atoms with Gasteiger partial charge in [0, 0.05) is 16.5 Å². The summed E-state index contributed by atoms with van der Waals surface area (Å²) in [5, 5.41) is 1.23. The standard InChI is InChI=1S/C12H13NS/c1-2-7-14-11-8-10-5-3-4-6-12(10)13-9-11/h3-6,8-9H,2,7H2,1H3. The average Bonchev–Trinajstić information content (AvgIpc) is 2.26. The Kier molecular flexibility index (Phi) is 3.04. The van der Waals surface area contributed by atoms with E-state index in [4.69, 9.17) is 0 Å². The zero-order valence-electron chi connectivity index (χ0n) is 8.23. The number of hydrogen-bond acceptors (Lipinski definition) is 2. The van der Waals surface area contributed by atoms with E-state index in [1.54, 1.807) is 0 Å². The SMILES string of the molecule is CCCSc1cnc2ccccc2c1. The topological polar surface area (TPSA) is 12.9 Å². The monoisotopic (exact) mass is 203 g/mol. The van der Waals surface area contributed by atoms with E-state index in [9.17, 15) is 0 Å². The first-order valence-electron chi connectivity index (χ1n) is 4.88. The zero-order chi connectivity index (χ0) is 9.80. The number of pyridine rings is 1. The van der Waals surface area contributed by atoms with Crippen LogP contribution in [0, 0.1) is 0 Å². The van der Waals surface area contributed by atoms with Crippen molar-refractivity contribution in [2.24, 2.45) is 0 Å². The molecule has 0 radical (unpaired) electrons. The Labute approximate surface area is 88.6 Å². The molecule has 0 aliphatic carbocycles. The fourth-order valence-corrected chi connectivity index (χ4v) is 2.13.